The summed E-state index contributed by atoms with van der Waals surface area (Å²) in [6.07, 6.45) is 7.90. The van der Waals surface area contributed by atoms with Gasteiger partial charge >= 0.3 is 5.97 Å². The molecule has 0 saturated heterocycles. The van der Waals surface area contributed by atoms with Crippen molar-refractivity contribution < 1.29 is 19.1 Å². The second-order valence-electron chi connectivity index (χ2n) is 7.46. The normalized spacial score (nSPS) is 21.9. The molecule has 1 amide bonds. The van der Waals surface area contributed by atoms with Crippen LogP contribution < -0.4 is 10.1 Å². The maximum Gasteiger partial charge on any atom is 0.336 e. The topological polar surface area (TPSA) is 64.6 Å². The van der Waals surface area contributed by atoms with E-state index in [4.69, 9.17) is 9.47 Å². The number of carbonyl (C=O) groups excluding carboxylic acids is 2. The SMILES string of the molecule is COc1ccccc1C1CC(=O)NC(C)=C1C(=O)OC1CCCCCCC1. The zero-order chi connectivity index (χ0) is 19.2. The van der Waals surface area contributed by atoms with Crippen LogP contribution in [0, 0.1) is 0 Å². The molecule has 1 aliphatic heterocycles. The highest BCUT2D eigenvalue weighted by Crippen LogP contribution is 2.38. The molecular weight excluding hydrogens is 342 g/mol. The number of ether oxygens (including phenoxy) is 2. The molecule has 1 aromatic rings. The molecule has 5 nitrogen and oxygen atoms in total. The van der Waals surface area contributed by atoms with E-state index in [1.165, 1.54) is 19.3 Å². The molecule has 146 valence electrons. The van der Waals surface area contributed by atoms with Gasteiger partial charge in [-0.1, -0.05) is 37.5 Å². The molecule has 1 aromatic carbocycles. The maximum atomic E-state index is 13.1. The first kappa shape index (κ1) is 19.5. The highest BCUT2D eigenvalue weighted by atomic mass is 16.5. The van der Waals surface area contributed by atoms with Gasteiger partial charge in [0.15, 0.2) is 0 Å². The van der Waals surface area contributed by atoms with Gasteiger partial charge in [-0.3, -0.25) is 4.79 Å². The van der Waals surface area contributed by atoms with E-state index in [-0.39, 0.29) is 30.3 Å². The van der Waals surface area contributed by atoms with Crippen molar-refractivity contribution in [2.45, 2.75) is 70.3 Å². The molecule has 1 saturated carbocycles. The van der Waals surface area contributed by atoms with Gasteiger partial charge in [0.05, 0.1) is 12.7 Å². The predicted molar refractivity (Wildman–Crippen MR) is 103 cm³/mol. The summed E-state index contributed by atoms with van der Waals surface area (Å²) in [6.45, 7) is 1.77. The van der Waals surface area contributed by atoms with Crippen molar-refractivity contribution in [3.63, 3.8) is 0 Å². The van der Waals surface area contributed by atoms with E-state index in [1.807, 2.05) is 24.3 Å². The second-order valence-corrected chi connectivity index (χ2v) is 7.46. The first-order valence-electron chi connectivity index (χ1n) is 9.94. The molecule has 3 rings (SSSR count). The molecule has 5 heteroatoms. The Morgan fingerprint density at radius 3 is 2.44 bits per heavy atom. The van der Waals surface area contributed by atoms with Crippen LogP contribution in [0.3, 0.4) is 0 Å². The third-order valence-electron chi connectivity index (χ3n) is 5.53. The van der Waals surface area contributed by atoms with Gasteiger partial charge in [-0.05, 0) is 38.7 Å². The third-order valence-corrected chi connectivity index (χ3v) is 5.53. The fourth-order valence-corrected chi connectivity index (χ4v) is 4.14. The van der Waals surface area contributed by atoms with Gasteiger partial charge in [-0.2, -0.15) is 0 Å². The molecule has 0 spiro atoms. The summed E-state index contributed by atoms with van der Waals surface area (Å²) in [4.78, 5) is 25.3. The minimum Gasteiger partial charge on any atom is -0.496 e. The van der Waals surface area contributed by atoms with Crippen molar-refractivity contribution in [1.29, 1.82) is 0 Å². The van der Waals surface area contributed by atoms with Crippen LogP contribution in [0.1, 0.15) is 69.8 Å². The maximum absolute atomic E-state index is 13.1. The van der Waals surface area contributed by atoms with E-state index < -0.39 is 0 Å². The van der Waals surface area contributed by atoms with Crippen LogP contribution in [0.2, 0.25) is 0 Å². The van der Waals surface area contributed by atoms with E-state index in [0.29, 0.717) is 17.0 Å². The number of benzene rings is 1. The number of hydrogen-bond donors (Lipinski definition) is 1. The Morgan fingerprint density at radius 2 is 1.74 bits per heavy atom. The van der Waals surface area contributed by atoms with E-state index in [9.17, 15) is 9.59 Å². The monoisotopic (exact) mass is 371 g/mol. The molecule has 0 bridgehead atoms. The van der Waals surface area contributed by atoms with Gasteiger partial charge in [0.2, 0.25) is 5.91 Å². The van der Waals surface area contributed by atoms with Gasteiger partial charge in [0.25, 0.3) is 0 Å². The molecule has 2 aliphatic rings. The van der Waals surface area contributed by atoms with E-state index in [2.05, 4.69) is 5.32 Å². The summed E-state index contributed by atoms with van der Waals surface area (Å²) in [5.74, 6) is -0.0721. The lowest BCUT2D eigenvalue weighted by atomic mass is 9.84. The van der Waals surface area contributed by atoms with Crippen LogP contribution in [0.5, 0.6) is 5.75 Å². The Kier molecular flexibility index (Phi) is 6.54. The van der Waals surface area contributed by atoms with Crippen LogP contribution >= 0.6 is 0 Å². The Bertz CT molecular complexity index is 717. The van der Waals surface area contributed by atoms with Crippen molar-refractivity contribution in [3.05, 3.63) is 41.1 Å². The largest absolute Gasteiger partial charge is 0.496 e. The molecule has 1 heterocycles. The van der Waals surface area contributed by atoms with Crippen molar-refractivity contribution in [3.8, 4) is 5.75 Å². The van der Waals surface area contributed by atoms with E-state index in [0.717, 1.165) is 31.2 Å². The number of rotatable bonds is 4. The standard InChI is InChI=1S/C22H29NO4/c1-15-21(22(25)27-16-10-6-4-3-5-7-11-16)18(14-20(24)23-15)17-12-8-9-13-19(17)26-2/h8-9,12-13,16,18H,3-7,10-11,14H2,1-2H3,(H,23,24). The number of carbonyl (C=O) groups is 2. The van der Waals surface area contributed by atoms with Crippen molar-refractivity contribution >= 4 is 11.9 Å². The number of hydrogen-bond acceptors (Lipinski definition) is 4. The molecule has 0 radical (unpaired) electrons. The number of esters is 1. The number of amides is 1. The van der Waals surface area contributed by atoms with Crippen molar-refractivity contribution in [1.82, 2.24) is 5.32 Å². The van der Waals surface area contributed by atoms with Gasteiger partial charge in [-0.25, -0.2) is 4.79 Å². The van der Waals surface area contributed by atoms with Crippen LogP contribution in [0.15, 0.2) is 35.5 Å². The quantitative estimate of drug-likeness (QED) is 0.805. The highest BCUT2D eigenvalue weighted by molar-refractivity contribution is 5.96. The average Bonchev–Trinajstić information content (AvgIpc) is 2.63. The summed E-state index contributed by atoms with van der Waals surface area (Å²) < 4.78 is 11.4. The van der Waals surface area contributed by atoms with E-state index in [1.54, 1.807) is 14.0 Å². The summed E-state index contributed by atoms with van der Waals surface area (Å²) in [7, 11) is 1.60. The molecule has 27 heavy (non-hydrogen) atoms. The third kappa shape index (κ3) is 4.71. The van der Waals surface area contributed by atoms with Gasteiger partial charge in [-0.15, -0.1) is 0 Å². The van der Waals surface area contributed by atoms with Gasteiger partial charge < -0.3 is 14.8 Å². The zero-order valence-corrected chi connectivity index (χ0v) is 16.3. The lowest BCUT2D eigenvalue weighted by Gasteiger charge is -2.29. The fraction of sp³-hybridized carbons (Fsp3) is 0.545. The Morgan fingerprint density at radius 1 is 1.07 bits per heavy atom. The average molecular weight is 371 g/mol. The van der Waals surface area contributed by atoms with Gasteiger partial charge in [0.1, 0.15) is 11.9 Å². The van der Waals surface area contributed by atoms with Crippen LogP contribution in [0.25, 0.3) is 0 Å². The smallest absolute Gasteiger partial charge is 0.336 e. The molecule has 0 aromatic heterocycles. The predicted octanol–water partition coefficient (Wildman–Crippen LogP) is 4.23. The zero-order valence-electron chi connectivity index (χ0n) is 16.3. The van der Waals surface area contributed by atoms with E-state index >= 15 is 0 Å². The molecule has 1 atom stereocenters. The highest BCUT2D eigenvalue weighted by Gasteiger charge is 2.35. The minimum atomic E-state index is -0.351. The first-order chi connectivity index (χ1) is 13.1. The molecular formula is C22H29NO4. The lowest BCUT2D eigenvalue weighted by Crippen LogP contribution is -2.35. The minimum absolute atomic E-state index is 0.0333. The summed E-state index contributed by atoms with van der Waals surface area (Å²) >= 11 is 0. The van der Waals surface area contributed by atoms with Crippen LogP contribution in [0.4, 0.5) is 0 Å². The number of allylic oxidation sites excluding steroid dienone is 1. The van der Waals surface area contributed by atoms with Crippen molar-refractivity contribution in [2.24, 2.45) is 0 Å². The summed E-state index contributed by atoms with van der Waals surface area (Å²) in [5.41, 5.74) is 1.97. The lowest BCUT2D eigenvalue weighted by molar-refractivity contribution is -0.145. The summed E-state index contributed by atoms with van der Waals surface area (Å²) in [6, 6.07) is 7.55. The van der Waals surface area contributed by atoms with Crippen LogP contribution in [-0.2, 0) is 14.3 Å². The Balaban J connectivity index is 1.86. The van der Waals surface area contributed by atoms with Crippen molar-refractivity contribution in [2.75, 3.05) is 7.11 Å². The van der Waals surface area contributed by atoms with Crippen LogP contribution in [-0.4, -0.2) is 25.1 Å². The van der Waals surface area contributed by atoms with Gasteiger partial charge in [0, 0.05) is 23.6 Å². The fourth-order valence-electron chi connectivity index (χ4n) is 4.14. The Labute approximate surface area is 161 Å². The number of methoxy groups -OCH3 is 1. The first-order valence-corrected chi connectivity index (χ1v) is 9.94. The molecule has 1 fully saturated rings. The number of para-hydroxylation sites is 1. The molecule has 1 aliphatic carbocycles. The number of nitrogens with one attached hydrogen (secondary N) is 1. The second kappa shape index (κ2) is 9.07. The molecule has 1 unspecified atom stereocenters. The Hall–Kier alpha value is -2.30. The summed E-state index contributed by atoms with van der Waals surface area (Å²) in [5, 5.41) is 2.81. The molecule has 1 N–H and O–H groups in total.